The molecule has 12 heteroatoms. The minimum atomic E-state index is -0.426. The highest BCUT2D eigenvalue weighted by Crippen LogP contribution is 2.32. The summed E-state index contributed by atoms with van der Waals surface area (Å²) in [4.78, 5) is 42.5. The highest BCUT2D eigenvalue weighted by molar-refractivity contribution is 6.18. The number of nitrogens with zero attached hydrogens (tertiary/aromatic N) is 4. The van der Waals surface area contributed by atoms with Gasteiger partial charge in [-0.1, -0.05) is 13.8 Å². The van der Waals surface area contributed by atoms with E-state index in [1.807, 2.05) is 24.8 Å². The molecule has 1 saturated carbocycles. The van der Waals surface area contributed by atoms with Crippen LogP contribution >= 0.6 is 0 Å². The Kier molecular flexibility index (Phi) is 9.16. The Hall–Kier alpha value is -4.58. The fraction of sp³-hybridized carbons (Fsp3) is 0.412. The van der Waals surface area contributed by atoms with Gasteiger partial charge in [0.1, 0.15) is 23.1 Å². The van der Waals surface area contributed by atoms with Crippen molar-refractivity contribution in [3.05, 3.63) is 71.4 Å². The van der Waals surface area contributed by atoms with Gasteiger partial charge in [-0.05, 0) is 75.2 Å². The number of hydrogen-bond acceptors (Lipinski definition) is 8. The molecule has 2 aromatic carbocycles. The molecule has 1 aliphatic heterocycles. The number of aromatic amines is 1. The van der Waals surface area contributed by atoms with Crippen LogP contribution in [0.3, 0.4) is 0 Å². The lowest BCUT2D eigenvalue weighted by atomic mass is 9.90. The van der Waals surface area contributed by atoms with Gasteiger partial charge in [0.05, 0.1) is 16.6 Å². The number of rotatable bonds is 9. The lowest BCUT2D eigenvalue weighted by Crippen LogP contribution is -2.44. The standard InChI is InChI=1S/C34H40F2N8O2/c1-20(2)33(46)39-24-10-8-23(9-11-24)38-32-29-26(30(45)21-4-6-22(35)7-5-21)19-37-31(29)41-34(42-32)40-25-12-13-28(27(36)18-25)44-16-14-43(3)15-17-44/h4-7,12-13,18-20,23-24H,8-11,14-17H2,1-3H3,(H,39,46)(H3,37,38,40,41,42). The third kappa shape index (κ3) is 6.96. The monoisotopic (exact) mass is 630 g/mol. The zero-order valence-corrected chi connectivity index (χ0v) is 26.4. The van der Waals surface area contributed by atoms with E-state index in [-0.39, 0.29) is 41.5 Å². The first-order valence-electron chi connectivity index (χ1n) is 15.9. The molecule has 1 aliphatic carbocycles. The van der Waals surface area contributed by atoms with E-state index in [0.29, 0.717) is 39.4 Å². The number of amides is 1. The maximum atomic E-state index is 15.3. The molecule has 0 bridgehead atoms. The van der Waals surface area contributed by atoms with E-state index >= 15 is 4.39 Å². The van der Waals surface area contributed by atoms with Crippen molar-refractivity contribution in [2.24, 2.45) is 5.92 Å². The summed E-state index contributed by atoms with van der Waals surface area (Å²) in [7, 11) is 2.06. The van der Waals surface area contributed by atoms with E-state index in [0.717, 1.165) is 51.9 Å². The molecule has 2 aliphatic rings. The van der Waals surface area contributed by atoms with E-state index < -0.39 is 5.82 Å². The van der Waals surface area contributed by atoms with Gasteiger partial charge in [0.2, 0.25) is 11.9 Å². The fourth-order valence-corrected chi connectivity index (χ4v) is 6.09. The third-order valence-corrected chi connectivity index (χ3v) is 8.87. The molecule has 4 aromatic rings. The molecule has 0 unspecified atom stereocenters. The van der Waals surface area contributed by atoms with Crippen molar-refractivity contribution in [3.8, 4) is 0 Å². The summed E-state index contributed by atoms with van der Waals surface area (Å²) < 4.78 is 28.8. The first-order chi connectivity index (χ1) is 22.1. The lowest BCUT2D eigenvalue weighted by molar-refractivity contribution is -0.124. The quantitative estimate of drug-likeness (QED) is 0.180. The smallest absolute Gasteiger partial charge is 0.231 e. The van der Waals surface area contributed by atoms with Crippen molar-refractivity contribution in [1.29, 1.82) is 0 Å². The van der Waals surface area contributed by atoms with Gasteiger partial charge in [-0.2, -0.15) is 9.97 Å². The summed E-state index contributed by atoms with van der Waals surface area (Å²) in [5.41, 5.74) is 2.18. The van der Waals surface area contributed by atoms with Crippen molar-refractivity contribution < 1.29 is 18.4 Å². The molecular weight excluding hydrogens is 590 g/mol. The van der Waals surface area contributed by atoms with E-state index in [2.05, 4.69) is 37.9 Å². The first kappa shape index (κ1) is 31.4. The van der Waals surface area contributed by atoms with E-state index in [1.54, 1.807) is 12.3 Å². The van der Waals surface area contributed by atoms with Gasteiger partial charge >= 0.3 is 0 Å². The second-order valence-corrected chi connectivity index (χ2v) is 12.6. The van der Waals surface area contributed by atoms with Crippen LogP contribution in [-0.2, 0) is 4.79 Å². The number of nitrogens with one attached hydrogen (secondary N) is 4. The van der Waals surface area contributed by atoms with Crippen molar-refractivity contribution in [3.63, 3.8) is 0 Å². The Labute approximate surface area is 267 Å². The molecule has 1 saturated heterocycles. The summed E-state index contributed by atoms with van der Waals surface area (Å²) in [5, 5.41) is 10.3. The molecular formula is C34H40F2N8O2. The van der Waals surface area contributed by atoms with Crippen LogP contribution in [0.4, 0.5) is 31.9 Å². The number of benzene rings is 2. The van der Waals surface area contributed by atoms with Gasteiger partial charge in [0.25, 0.3) is 0 Å². The predicted octanol–water partition coefficient (Wildman–Crippen LogP) is 5.46. The van der Waals surface area contributed by atoms with Crippen molar-refractivity contribution >= 4 is 45.9 Å². The zero-order chi connectivity index (χ0) is 32.4. The number of carbonyl (C=O) groups is 2. The van der Waals surface area contributed by atoms with Crippen molar-refractivity contribution in [2.75, 3.05) is 48.8 Å². The van der Waals surface area contributed by atoms with E-state index in [9.17, 15) is 14.0 Å². The minimum Gasteiger partial charge on any atom is -0.367 e. The molecule has 0 spiro atoms. The summed E-state index contributed by atoms with van der Waals surface area (Å²) >= 11 is 0. The number of H-pyrrole nitrogens is 1. The first-order valence-corrected chi connectivity index (χ1v) is 15.9. The Morgan fingerprint density at radius 1 is 0.935 bits per heavy atom. The van der Waals surface area contributed by atoms with Crippen LogP contribution in [0.5, 0.6) is 0 Å². The van der Waals surface area contributed by atoms with Gasteiger partial charge in [0, 0.05) is 61.6 Å². The minimum absolute atomic E-state index is 0.0436. The maximum absolute atomic E-state index is 15.3. The number of ketones is 1. The molecule has 0 radical (unpaired) electrons. The van der Waals surface area contributed by atoms with Crippen LogP contribution in [0.25, 0.3) is 11.0 Å². The molecule has 4 N–H and O–H groups in total. The normalized spacial score (nSPS) is 19.0. The molecule has 10 nitrogen and oxygen atoms in total. The lowest BCUT2D eigenvalue weighted by Gasteiger charge is -2.34. The maximum Gasteiger partial charge on any atom is 0.231 e. The van der Waals surface area contributed by atoms with E-state index in [1.165, 1.54) is 30.3 Å². The molecule has 1 amide bonds. The van der Waals surface area contributed by atoms with Crippen molar-refractivity contribution in [1.82, 2.24) is 25.2 Å². The van der Waals surface area contributed by atoms with Crippen LogP contribution in [0.1, 0.15) is 55.5 Å². The Morgan fingerprint density at radius 2 is 1.63 bits per heavy atom. The van der Waals surface area contributed by atoms with Crippen LogP contribution in [0.2, 0.25) is 0 Å². The molecule has 0 atom stereocenters. The molecule has 6 rings (SSSR count). The largest absolute Gasteiger partial charge is 0.367 e. The van der Waals surface area contributed by atoms with Gasteiger partial charge in [-0.15, -0.1) is 0 Å². The number of likely N-dealkylation sites (N-methyl/N-ethyl adjacent to an activating group) is 1. The van der Waals surface area contributed by atoms with Gasteiger partial charge in [-0.3, -0.25) is 9.59 Å². The van der Waals surface area contributed by atoms with Crippen LogP contribution in [-0.4, -0.2) is 76.9 Å². The average molecular weight is 631 g/mol. The Morgan fingerprint density at radius 3 is 2.30 bits per heavy atom. The topological polar surface area (TPSA) is 118 Å². The predicted molar refractivity (Wildman–Crippen MR) is 176 cm³/mol. The summed E-state index contributed by atoms with van der Waals surface area (Å²) in [6.07, 6.45) is 4.79. The van der Waals surface area contributed by atoms with E-state index in [4.69, 9.17) is 4.98 Å². The summed E-state index contributed by atoms with van der Waals surface area (Å²) in [5.74, 6) is -0.370. The average Bonchev–Trinajstić information content (AvgIpc) is 3.47. The summed E-state index contributed by atoms with van der Waals surface area (Å²) in [6.45, 7) is 7.02. The Balaban J connectivity index is 1.27. The highest BCUT2D eigenvalue weighted by Gasteiger charge is 2.26. The van der Waals surface area contributed by atoms with Crippen LogP contribution in [0, 0.1) is 17.6 Å². The van der Waals surface area contributed by atoms with Crippen molar-refractivity contribution in [2.45, 2.75) is 51.6 Å². The third-order valence-electron chi connectivity index (χ3n) is 8.87. The number of anilines is 4. The number of carbonyl (C=O) groups excluding carboxylic acids is 2. The number of halogens is 2. The van der Waals surface area contributed by atoms with Gasteiger partial charge in [-0.25, -0.2) is 8.78 Å². The van der Waals surface area contributed by atoms with Crippen LogP contribution in [0.15, 0.2) is 48.7 Å². The summed E-state index contributed by atoms with van der Waals surface area (Å²) in [6, 6.07) is 10.6. The second-order valence-electron chi connectivity index (χ2n) is 12.6. The molecule has 46 heavy (non-hydrogen) atoms. The zero-order valence-electron chi connectivity index (χ0n) is 26.4. The SMILES string of the molecule is CC(C)C(=O)NC1CCC(Nc2nc(Nc3ccc(N4CCN(C)CC4)c(F)c3)nc3[nH]cc(C(=O)c4ccc(F)cc4)c23)CC1. The molecule has 242 valence electrons. The molecule has 3 heterocycles. The Bertz CT molecular complexity index is 1710. The number of hydrogen-bond donors (Lipinski definition) is 4. The molecule has 2 aromatic heterocycles. The highest BCUT2D eigenvalue weighted by atomic mass is 19.1. The fourth-order valence-electron chi connectivity index (χ4n) is 6.09. The number of piperazine rings is 1. The number of fused-ring (bicyclic) bond motifs is 1. The second kappa shape index (κ2) is 13.4. The van der Waals surface area contributed by atoms with Gasteiger partial charge < -0.3 is 30.7 Å². The number of aromatic nitrogens is 3. The van der Waals surface area contributed by atoms with Gasteiger partial charge in [0.15, 0.2) is 5.78 Å². The van der Waals surface area contributed by atoms with Crippen LogP contribution < -0.4 is 20.9 Å². The molecule has 2 fully saturated rings.